The molecular weight excluding hydrogens is 202 g/mol. The van der Waals surface area contributed by atoms with Gasteiger partial charge in [0, 0.05) is 17.5 Å². The van der Waals surface area contributed by atoms with Crippen molar-refractivity contribution in [2.75, 3.05) is 13.7 Å². The van der Waals surface area contributed by atoms with Gasteiger partial charge in [0.2, 0.25) is 0 Å². The lowest BCUT2D eigenvalue weighted by molar-refractivity contribution is 0.0895. The molecule has 2 aliphatic rings. The van der Waals surface area contributed by atoms with E-state index >= 15 is 0 Å². The van der Waals surface area contributed by atoms with Crippen LogP contribution in [0.15, 0.2) is 18.2 Å². The molecule has 0 radical (unpaired) electrons. The third-order valence-electron chi connectivity index (χ3n) is 3.94. The second kappa shape index (κ2) is 3.24. The predicted molar refractivity (Wildman–Crippen MR) is 60.9 cm³/mol. The number of benzene rings is 1. The van der Waals surface area contributed by atoms with Crippen LogP contribution >= 0.6 is 0 Å². The Kier molecular flexibility index (Phi) is 1.96. The molecule has 0 aromatic heterocycles. The number of hydrogen-bond acceptors (Lipinski definition) is 2. The first-order valence-electron chi connectivity index (χ1n) is 5.72. The third-order valence-corrected chi connectivity index (χ3v) is 3.94. The Morgan fingerprint density at radius 3 is 2.81 bits per heavy atom. The van der Waals surface area contributed by atoms with Gasteiger partial charge in [-0.15, -0.1) is 0 Å². The molecule has 1 fully saturated rings. The van der Waals surface area contributed by atoms with Gasteiger partial charge in [0.15, 0.2) is 0 Å². The van der Waals surface area contributed by atoms with E-state index in [9.17, 15) is 4.79 Å². The maximum atomic E-state index is 11.8. The van der Waals surface area contributed by atoms with Crippen molar-refractivity contribution >= 4 is 5.91 Å². The molecule has 1 aliphatic heterocycles. The van der Waals surface area contributed by atoms with Gasteiger partial charge in [-0.25, -0.2) is 0 Å². The van der Waals surface area contributed by atoms with Crippen LogP contribution in [0.5, 0.6) is 5.75 Å². The van der Waals surface area contributed by atoms with Crippen molar-refractivity contribution in [1.29, 1.82) is 0 Å². The van der Waals surface area contributed by atoms with E-state index < -0.39 is 0 Å². The number of nitrogens with one attached hydrogen (secondary N) is 1. The van der Waals surface area contributed by atoms with Crippen LogP contribution in [-0.2, 0) is 5.41 Å². The van der Waals surface area contributed by atoms with E-state index in [-0.39, 0.29) is 11.3 Å². The predicted octanol–water partition coefficient (Wildman–Crippen LogP) is 1.86. The fraction of sp³-hybridized carbons (Fsp3) is 0.462. The lowest BCUT2D eigenvalue weighted by Crippen LogP contribution is -2.50. The van der Waals surface area contributed by atoms with E-state index in [0.717, 1.165) is 17.9 Å². The van der Waals surface area contributed by atoms with Crippen molar-refractivity contribution in [1.82, 2.24) is 5.32 Å². The van der Waals surface area contributed by atoms with Crippen molar-refractivity contribution in [2.24, 2.45) is 0 Å². The van der Waals surface area contributed by atoms with Crippen LogP contribution in [-0.4, -0.2) is 19.6 Å². The number of amides is 1. The van der Waals surface area contributed by atoms with Gasteiger partial charge in [-0.2, -0.15) is 0 Å². The Morgan fingerprint density at radius 1 is 1.38 bits per heavy atom. The minimum atomic E-state index is 0.0337. The lowest BCUT2D eigenvalue weighted by atomic mass is 9.62. The van der Waals surface area contributed by atoms with Gasteiger partial charge >= 0.3 is 0 Å². The smallest absolute Gasteiger partial charge is 0.251 e. The van der Waals surface area contributed by atoms with E-state index in [4.69, 9.17) is 4.74 Å². The number of fused-ring (bicyclic) bond motifs is 2. The number of rotatable bonds is 1. The van der Waals surface area contributed by atoms with Crippen LogP contribution in [0.1, 0.15) is 35.2 Å². The number of hydrogen-bond donors (Lipinski definition) is 1. The number of carbonyl (C=O) groups excluding carboxylic acids is 1. The number of carbonyl (C=O) groups is 1. The maximum Gasteiger partial charge on any atom is 0.251 e. The summed E-state index contributed by atoms with van der Waals surface area (Å²) >= 11 is 0. The highest BCUT2D eigenvalue weighted by Gasteiger charge is 2.43. The summed E-state index contributed by atoms with van der Waals surface area (Å²) in [6.45, 7) is 0.797. The molecular formula is C13H15NO2. The third kappa shape index (κ3) is 1.17. The van der Waals surface area contributed by atoms with E-state index in [0.29, 0.717) is 0 Å². The normalized spacial score (nSPS) is 20.9. The Hall–Kier alpha value is -1.51. The maximum absolute atomic E-state index is 11.8. The van der Waals surface area contributed by atoms with Crippen LogP contribution in [0.2, 0.25) is 0 Å². The first-order chi connectivity index (χ1) is 7.75. The van der Waals surface area contributed by atoms with Crippen LogP contribution in [0.25, 0.3) is 0 Å². The molecule has 0 bridgehead atoms. The molecule has 1 spiro atoms. The summed E-state index contributed by atoms with van der Waals surface area (Å²) in [5.74, 6) is 0.789. The average Bonchev–Trinajstić information content (AvgIpc) is 2.27. The largest absolute Gasteiger partial charge is 0.497 e. The van der Waals surface area contributed by atoms with Gasteiger partial charge in [-0.05, 0) is 30.5 Å². The quantitative estimate of drug-likeness (QED) is 0.779. The monoisotopic (exact) mass is 217 g/mol. The molecule has 1 heterocycles. The highest BCUT2D eigenvalue weighted by Crippen LogP contribution is 2.46. The number of methoxy groups -OCH3 is 1. The Bertz CT molecular complexity index is 449. The van der Waals surface area contributed by atoms with E-state index in [1.165, 1.54) is 24.8 Å². The van der Waals surface area contributed by atoms with E-state index in [1.807, 2.05) is 12.1 Å². The first-order valence-corrected chi connectivity index (χ1v) is 5.72. The SMILES string of the molecule is COc1ccc2c(c1)C(=O)NCC21CCC1. The van der Waals surface area contributed by atoms with Crippen molar-refractivity contribution in [3.8, 4) is 5.75 Å². The van der Waals surface area contributed by atoms with Gasteiger partial charge in [-0.1, -0.05) is 12.5 Å². The molecule has 1 aromatic carbocycles. The highest BCUT2D eigenvalue weighted by atomic mass is 16.5. The molecule has 3 rings (SSSR count). The summed E-state index contributed by atoms with van der Waals surface area (Å²) in [6, 6.07) is 5.87. The van der Waals surface area contributed by atoms with Gasteiger partial charge in [0.25, 0.3) is 5.91 Å². The fourth-order valence-corrected chi connectivity index (χ4v) is 2.79. The summed E-state index contributed by atoms with van der Waals surface area (Å²) < 4.78 is 5.17. The fourth-order valence-electron chi connectivity index (χ4n) is 2.79. The summed E-state index contributed by atoms with van der Waals surface area (Å²) in [6.07, 6.45) is 3.64. The van der Waals surface area contributed by atoms with Crippen molar-refractivity contribution in [3.63, 3.8) is 0 Å². The molecule has 16 heavy (non-hydrogen) atoms. The minimum Gasteiger partial charge on any atom is -0.497 e. The molecule has 84 valence electrons. The van der Waals surface area contributed by atoms with Gasteiger partial charge in [0.05, 0.1) is 7.11 Å². The summed E-state index contributed by atoms with van der Waals surface area (Å²) in [4.78, 5) is 11.8. The average molecular weight is 217 g/mol. The molecule has 3 heteroatoms. The van der Waals surface area contributed by atoms with Gasteiger partial charge < -0.3 is 10.1 Å². The second-order valence-electron chi connectivity index (χ2n) is 4.73. The van der Waals surface area contributed by atoms with E-state index in [2.05, 4.69) is 11.4 Å². The second-order valence-corrected chi connectivity index (χ2v) is 4.73. The summed E-state index contributed by atoms with van der Waals surface area (Å²) in [5.41, 5.74) is 2.23. The molecule has 3 nitrogen and oxygen atoms in total. The van der Waals surface area contributed by atoms with E-state index in [1.54, 1.807) is 7.11 Å². The van der Waals surface area contributed by atoms with Gasteiger partial charge in [0.1, 0.15) is 5.75 Å². The molecule has 0 unspecified atom stereocenters. The molecule has 1 aromatic rings. The van der Waals surface area contributed by atoms with Gasteiger partial charge in [-0.3, -0.25) is 4.79 Å². The highest BCUT2D eigenvalue weighted by molar-refractivity contribution is 5.98. The summed E-state index contributed by atoms with van der Waals surface area (Å²) in [7, 11) is 1.63. The van der Waals surface area contributed by atoms with Crippen LogP contribution in [0.4, 0.5) is 0 Å². The van der Waals surface area contributed by atoms with Crippen LogP contribution in [0.3, 0.4) is 0 Å². The lowest BCUT2D eigenvalue weighted by Gasteiger charge is -2.46. The molecule has 1 N–H and O–H groups in total. The van der Waals surface area contributed by atoms with Crippen molar-refractivity contribution in [3.05, 3.63) is 29.3 Å². The molecule has 1 aliphatic carbocycles. The zero-order chi connectivity index (χ0) is 11.2. The molecule has 1 saturated carbocycles. The van der Waals surface area contributed by atoms with Crippen molar-refractivity contribution in [2.45, 2.75) is 24.7 Å². The molecule has 1 amide bonds. The minimum absolute atomic E-state index is 0.0337. The standard InChI is InChI=1S/C13H15NO2/c1-16-9-3-4-11-10(7-9)12(15)14-8-13(11)5-2-6-13/h3-4,7H,2,5-6,8H2,1H3,(H,14,15). The Balaban J connectivity index is 2.12. The Morgan fingerprint density at radius 2 is 2.19 bits per heavy atom. The molecule has 0 atom stereocenters. The van der Waals surface area contributed by atoms with Crippen LogP contribution < -0.4 is 10.1 Å². The molecule has 0 saturated heterocycles. The Labute approximate surface area is 94.8 Å². The number of ether oxygens (including phenoxy) is 1. The topological polar surface area (TPSA) is 38.3 Å². The van der Waals surface area contributed by atoms with Crippen molar-refractivity contribution < 1.29 is 9.53 Å². The summed E-state index contributed by atoms with van der Waals surface area (Å²) in [5, 5.41) is 2.99. The zero-order valence-corrected chi connectivity index (χ0v) is 9.38. The first kappa shape index (κ1) is 9.70. The zero-order valence-electron chi connectivity index (χ0n) is 9.38. The van der Waals surface area contributed by atoms with Crippen LogP contribution in [0, 0.1) is 0 Å².